The van der Waals surface area contributed by atoms with Gasteiger partial charge in [-0.25, -0.2) is 0 Å². The molecule has 16 heavy (non-hydrogen) atoms. The van der Waals surface area contributed by atoms with Crippen molar-refractivity contribution in [3.63, 3.8) is 0 Å². The summed E-state index contributed by atoms with van der Waals surface area (Å²) in [6, 6.07) is 0.660. The van der Waals surface area contributed by atoms with E-state index in [9.17, 15) is 0 Å². The van der Waals surface area contributed by atoms with E-state index in [1.807, 2.05) is 0 Å². The Morgan fingerprint density at radius 2 is 1.81 bits per heavy atom. The van der Waals surface area contributed by atoms with Gasteiger partial charge in [-0.1, -0.05) is 0 Å². The summed E-state index contributed by atoms with van der Waals surface area (Å²) < 4.78 is 0. The summed E-state index contributed by atoms with van der Waals surface area (Å²) in [5.41, 5.74) is 5.79. The van der Waals surface area contributed by atoms with Crippen LogP contribution in [0.1, 0.15) is 12.8 Å². The maximum Gasteiger partial charge on any atom is 0.0219 e. The van der Waals surface area contributed by atoms with E-state index in [0.29, 0.717) is 6.04 Å². The molecule has 0 saturated carbocycles. The SMILES string of the molecule is CN1CCN(CCN2CCCC2CN)CC1. The fourth-order valence-electron chi connectivity index (χ4n) is 2.80. The molecule has 1 unspecified atom stereocenters. The first kappa shape index (κ1) is 12.3. The highest BCUT2D eigenvalue weighted by atomic mass is 15.3. The van der Waals surface area contributed by atoms with Crippen molar-refractivity contribution in [1.29, 1.82) is 0 Å². The topological polar surface area (TPSA) is 35.7 Å². The predicted molar refractivity (Wildman–Crippen MR) is 67.6 cm³/mol. The van der Waals surface area contributed by atoms with Crippen molar-refractivity contribution in [2.24, 2.45) is 5.73 Å². The van der Waals surface area contributed by atoms with Crippen LogP contribution in [0, 0.1) is 0 Å². The van der Waals surface area contributed by atoms with Crippen LogP contribution in [0.2, 0.25) is 0 Å². The lowest BCUT2D eigenvalue weighted by atomic mass is 10.2. The molecule has 0 spiro atoms. The van der Waals surface area contributed by atoms with E-state index in [0.717, 1.165) is 6.54 Å². The molecule has 0 aromatic rings. The number of rotatable bonds is 4. The Kier molecular flexibility index (Phi) is 4.58. The minimum absolute atomic E-state index is 0.660. The van der Waals surface area contributed by atoms with E-state index in [1.54, 1.807) is 0 Å². The summed E-state index contributed by atoms with van der Waals surface area (Å²) in [6.07, 6.45) is 2.64. The van der Waals surface area contributed by atoms with Gasteiger partial charge in [-0.3, -0.25) is 9.80 Å². The molecule has 2 rings (SSSR count). The third kappa shape index (κ3) is 3.17. The highest BCUT2D eigenvalue weighted by Crippen LogP contribution is 2.15. The zero-order valence-electron chi connectivity index (χ0n) is 10.6. The third-order valence-electron chi connectivity index (χ3n) is 4.07. The summed E-state index contributed by atoms with van der Waals surface area (Å²) >= 11 is 0. The van der Waals surface area contributed by atoms with Gasteiger partial charge in [-0.2, -0.15) is 0 Å². The zero-order valence-corrected chi connectivity index (χ0v) is 10.6. The number of hydrogen-bond acceptors (Lipinski definition) is 4. The molecule has 0 bridgehead atoms. The quantitative estimate of drug-likeness (QED) is 0.711. The van der Waals surface area contributed by atoms with Crippen molar-refractivity contribution >= 4 is 0 Å². The Hall–Kier alpha value is -0.160. The fraction of sp³-hybridized carbons (Fsp3) is 1.00. The first-order valence-electron chi connectivity index (χ1n) is 6.64. The van der Waals surface area contributed by atoms with Crippen LogP contribution in [0.15, 0.2) is 0 Å². The van der Waals surface area contributed by atoms with Crippen molar-refractivity contribution in [3.05, 3.63) is 0 Å². The smallest absolute Gasteiger partial charge is 0.0219 e. The summed E-state index contributed by atoms with van der Waals surface area (Å²) in [5, 5.41) is 0. The van der Waals surface area contributed by atoms with Crippen LogP contribution in [-0.2, 0) is 0 Å². The average Bonchev–Trinajstić information content (AvgIpc) is 2.76. The second-order valence-electron chi connectivity index (χ2n) is 5.21. The van der Waals surface area contributed by atoms with Gasteiger partial charge in [0.25, 0.3) is 0 Å². The van der Waals surface area contributed by atoms with Gasteiger partial charge >= 0.3 is 0 Å². The molecule has 0 amide bonds. The van der Waals surface area contributed by atoms with Crippen LogP contribution >= 0.6 is 0 Å². The summed E-state index contributed by atoms with van der Waals surface area (Å²) in [5.74, 6) is 0. The van der Waals surface area contributed by atoms with Gasteiger partial charge in [0.1, 0.15) is 0 Å². The number of nitrogens with zero attached hydrogens (tertiary/aromatic N) is 3. The Bertz CT molecular complexity index is 201. The molecule has 2 heterocycles. The molecule has 4 heteroatoms. The van der Waals surface area contributed by atoms with Gasteiger partial charge in [0, 0.05) is 51.9 Å². The van der Waals surface area contributed by atoms with Gasteiger partial charge in [0.05, 0.1) is 0 Å². The van der Waals surface area contributed by atoms with Crippen molar-refractivity contribution in [3.8, 4) is 0 Å². The first-order chi connectivity index (χ1) is 7.79. The normalized spacial score (nSPS) is 30.0. The Morgan fingerprint density at radius 3 is 2.50 bits per heavy atom. The molecule has 1 atom stereocenters. The van der Waals surface area contributed by atoms with E-state index < -0.39 is 0 Å². The maximum absolute atomic E-state index is 5.79. The van der Waals surface area contributed by atoms with Gasteiger partial charge in [0.15, 0.2) is 0 Å². The van der Waals surface area contributed by atoms with Crippen LogP contribution in [0.4, 0.5) is 0 Å². The minimum atomic E-state index is 0.660. The molecular formula is C12H26N4. The molecule has 0 aromatic carbocycles. The highest BCUT2D eigenvalue weighted by Gasteiger charge is 2.23. The lowest BCUT2D eigenvalue weighted by Gasteiger charge is -2.34. The molecule has 2 aliphatic heterocycles. The predicted octanol–water partition coefficient (Wildman–Crippen LogP) is -0.343. The van der Waals surface area contributed by atoms with Gasteiger partial charge in [0.2, 0.25) is 0 Å². The largest absolute Gasteiger partial charge is 0.329 e. The van der Waals surface area contributed by atoms with Crippen molar-refractivity contribution in [2.45, 2.75) is 18.9 Å². The molecule has 2 aliphatic rings. The molecule has 2 fully saturated rings. The molecule has 0 aromatic heterocycles. The van der Waals surface area contributed by atoms with Crippen LogP contribution in [-0.4, -0.2) is 80.1 Å². The third-order valence-corrected chi connectivity index (χ3v) is 4.07. The van der Waals surface area contributed by atoms with E-state index in [-0.39, 0.29) is 0 Å². The molecule has 0 radical (unpaired) electrons. The van der Waals surface area contributed by atoms with E-state index in [4.69, 9.17) is 5.73 Å². The Labute approximate surface area is 99.4 Å². The summed E-state index contributed by atoms with van der Waals surface area (Å²) in [4.78, 5) is 7.58. The number of hydrogen-bond donors (Lipinski definition) is 1. The second kappa shape index (κ2) is 5.96. The highest BCUT2D eigenvalue weighted by molar-refractivity contribution is 4.81. The summed E-state index contributed by atoms with van der Waals surface area (Å²) in [6.45, 7) is 9.45. The number of likely N-dealkylation sites (N-methyl/N-ethyl adjacent to an activating group) is 1. The van der Waals surface area contributed by atoms with E-state index in [2.05, 4.69) is 21.7 Å². The number of likely N-dealkylation sites (tertiary alicyclic amines) is 1. The Morgan fingerprint density at radius 1 is 1.06 bits per heavy atom. The van der Waals surface area contributed by atoms with Crippen LogP contribution in [0.3, 0.4) is 0 Å². The van der Waals surface area contributed by atoms with Gasteiger partial charge in [-0.05, 0) is 26.4 Å². The lowest BCUT2D eigenvalue weighted by molar-refractivity contribution is 0.132. The monoisotopic (exact) mass is 226 g/mol. The van der Waals surface area contributed by atoms with Crippen molar-refractivity contribution < 1.29 is 0 Å². The second-order valence-corrected chi connectivity index (χ2v) is 5.21. The standard InChI is InChI=1S/C12H26N4/c1-14-5-7-15(8-6-14)9-10-16-4-2-3-12(16)11-13/h12H,2-11,13H2,1H3. The molecule has 0 aliphatic carbocycles. The first-order valence-corrected chi connectivity index (χ1v) is 6.64. The minimum Gasteiger partial charge on any atom is -0.329 e. The average molecular weight is 226 g/mol. The van der Waals surface area contributed by atoms with Crippen LogP contribution in [0.25, 0.3) is 0 Å². The van der Waals surface area contributed by atoms with Gasteiger partial charge in [-0.15, -0.1) is 0 Å². The number of nitrogens with two attached hydrogens (primary N) is 1. The molecule has 94 valence electrons. The molecular weight excluding hydrogens is 200 g/mol. The fourth-order valence-corrected chi connectivity index (χ4v) is 2.80. The molecule has 2 saturated heterocycles. The molecule has 4 nitrogen and oxygen atoms in total. The van der Waals surface area contributed by atoms with E-state index >= 15 is 0 Å². The number of piperazine rings is 1. The molecule has 2 N–H and O–H groups in total. The zero-order chi connectivity index (χ0) is 11.4. The van der Waals surface area contributed by atoms with Crippen molar-refractivity contribution in [2.75, 3.05) is 59.4 Å². The van der Waals surface area contributed by atoms with Crippen LogP contribution in [0.5, 0.6) is 0 Å². The lowest BCUT2D eigenvalue weighted by Crippen LogP contribution is -2.48. The van der Waals surface area contributed by atoms with E-state index in [1.165, 1.54) is 58.7 Å². The van der Waals surface area contributed by atoms with Crippen LogP contribution < -0.4 is 5.73 Å². The van der Waals surface area contributed by atoms with Crippen molar-refractivity contribution in [1.82, 2.24) is 14.7 Å². The van der Waals surface area contributed by atoms with Gasteiger partial charge < -0.3 is 10.6 Å². The maximum atomic E-state index is 5.79. The Balaban J connectivity index is 1.67. The summed E-state index contributed by atoms with van der Waals surface area (Å²) in [7, 11) is 2.21.